The van der Waals surface area contributed by atoms with E-state index in [1.165, 1.54) is 12.1 Å². The third-order valence-electron chi connectivity index (χ3n) is 2.53. The molecule has 0 saturated heterocycles. The molecule has 104 valence electrons. The minimum absolute atomic E-state index is 0.138. The van der Waals surface area contributed by atoms with Crippen molar-refractivity contribution in [1.29, 1.82) is 0 Å². The minimum Gasteiger partial charge on any atom is -0.454 e. The Kier molecular flexibility index (Phi) is 4.40. The Morgan fingerprint density at radius 1 is 0.950 bits per heavy atom. The molecular weight excluding hydrogens is 272 g/mol. The molecule has 2 rings (SSSR count). The van der Waals surface area contributed by atoms with Crippen molar-refractivity contribution in [3.05, 3.63) is 71.8 Å². The van der Waals surface area contributed by atoms with Crippen LogP contribution in [-0.2, 0) is 6.42 Å². The molecule has 0 heterocycles. The first-order chi connectivity index (χ1) is 9.56. The van der Waals surface area contributed by atoms with Crippen molar-refractivity contribution in [2.24, 2.45) is 0 Å². The quantitative estimate of drug-likeness (QED) is 0.697. The SMILES string of the molecule is FC(F)=C(F)Cc1ccc(F)c(Oc2ccccc2)c1. The average Bonchev–Trinajstić information content (AvgIpc) is 2.43. The molecule has 0 aromatic heterocycles. The van der Waals surface area contributed by atoms with Gasteiger partial charge in [0.25, 0.3) is 0 Å². The molecule has 0 bridgehead atoms. The third-order valence-corrected chi connectivity index (χ3v) is 2.53. The lowest BCUT2D eigenvalue weighted by atomic mass is 10.1. The van der Waals surface area contributed by atoms with Gasteiger partial charge in [-0.1, -0.05) is 24.3 Å². The predicted octanol–water partition coefficient (Wildman–Crippen LogP) is 5.24. The Balaban J connectivity index is 2.23. The molecule has 0 aliphatic rings. The summed E-state index contributed by atoms with van der Waals surface area (Å²) in [4.78, 5) is 0. The number of rotatable bonds is 4. The van der Waals surface area contributed by atoms with Crippen LogP contribution >= 0.6 is 0 Å². The summed E-state index contributed by atoms with van der Waals surface area (Å²) in [5, 5.41) is 0. The number of halogens is 4. The van der Waals surface area contributed by atoms with Crippen LogP contribution in [0.25, 0.3) is 0 Å². The van der Waals surface area contributed by atoms with E-state index in [2.05, 4.69) is 0 Å². The topological polar surface area (TPSA) is 9.23 Å². The molecule has 0 amide bonds. The van der Waals surface area contributed by atoms with Crippen LogP contribution in [0.3, 0.4) is 0 Å². The number of ether oxygens (including phenoxy) is 1. The molecular formula is C15H10F4O. The van der Waals surface area contributed by atoms with E-state index in [-0.39, 0.29) is 11.3 Å². The summed E-state index contributed by atoms with van der Waals surface area (Å²) in [7, 11) is 0. The Morgan fingerprint density at radius 2 is 1.65 bits per heavy atom. The van der Waals surface area contributed by atoms with E-state index >= 15 is 0 Å². The van der Waals surface area contributed by atoms with E-state index < -0.39 is 24.1 Å². The largest absolute Gasteiger partial charge is 0.454 e. The van der Waals surface area contributed by atoms with Crippen LogP contribution < -0.4 is 4.74 Å². The van der Waals surface area contributed by atoms with Crippen molar-refractivity contribution >= 4 is 0 Å². The second-order valence-corrected chi connectivity index (χ2v) is 4.02. The summed E-state index contributed by atoms with van der Waals surface area (Å²) >= 11 is 0. The monoisotopic (exact) mass is 282 g/mol. The van der Waals surface area contributed by atoms with Crippen LogP contribution in [0.4, 0.5) is 17.6 Å². The van der Waals surface area contributed by atoms with E-state index in [9.17, 15) is 17.6 Å². The lowest BCUT2D eigenvalue weighted by molar-refractivity contribution is 0.374. The number of benzene rings is 2. The zero-order chi connectivity index (χ0) is 14.5. The van der Waals surface area contributed by atoms with Crippen molar-refractivity contribution in [2.45, 2.75) is 6.42 Å². The molecule has 0 aliphatic carbocycles. The highest BCUT2D eigenvalue weighted by molar-refractivity contribution is 5.36. The van der Waals surface area contributed by atoms with Gasteiger partial charge in [-0.25, -0.2) is 8.78 Å². The maximum Gasteiger partial charge on any atom is 0.301 e. The van der Waals surface area contributed by atoms with Gasteiger partial charge in [0.05, 0.1) is 0 Å². The highest BCUT2D eigenvalue weighted by Crippen LogP contribution is 2.27. The Labute approximate surface area is 113 Å². The fraction of sp³-hybridized carbons (Fsp3) is 0.0667. The van der Waals surface area contributed by atoms with Crippen molar-refractivity contribution in [3.63, 3.8) is 0 Å². The maximum atomic E-state index is 13.6. The Bertz CT molecular complexity index is 619. The highest BCUT2D eigenvalue weighted by atomic mass is 19.3. The molecule has 2 aromatic carbocycles. The second kappa shape index (κ2) is 6.23. The fourth-order valence-corrected chi connectivity index (χ4v) is 1.60. The van der Waals surface area contributed by atoms with Gasteiger partial charge in [-0.05, 0) is 29.8 Å². The van der Waals surface area contributed by atoms with E-state index in [4.69, 9.17) is 4.74 Å². The molecule has 0 radical (unpaired) electrons. The second-order valence-electron chi connectivity index (χ2n) is 4.02. The lowest BCUT2D eigenvalue weighted by Crippen LogP contribution is -1.92. The minimum atomic E-state index is -2.38. The van der Waals surface area contributed by atoms with Crippen LogP contribution in [0.2, 0.25) is 0 Å². The standard InChI is InChI=1S/C15H10F4O/c16-12-7-6-10(8-13(17)15(18)19)9-14(12)20-11-4-2-1-3-5-11/h1-7,9H,8H2. The molecule has 5 heteroatoms. The normalized spacial score (nSPS) is 10.2. The molecule has 0 spiro atoms. The number of para-hydroxylation sites is 1. The van der Waals surface area contributed by atoms with Crippen LogP contribution in [0.5, 0.6) is 11.5 Å². The molecule has 0 aliphatic heterocycles. The summed E-state index contributed by atoms with van der Waals surface area (Å²) in [6.07, 6.45) is -2.98. The van der Waals surface area contributed by atoms with Gasteiger partial charge < -0.3 is 4.74 Å². The molecule has 20 heavy (non-hydrogen) atoms. The summed E-state index contributed by atoms with van der Waals surface area (Å²) < 4.78 is 55.8. The lowest BCUT2D eigenvalue weighted by Gasteiger charge is -2.08. The maximum absolute atomic E-state index is 13.6. The van der Waals surface area contributed by atoms with Gasteiger partial charge in [0, 0.05) is 6.42 Å². The summed E-state index contributed by atoms with van der Waals surface area (Å²) in [6.45, 7) is 0. The van der Waals surface area contributed by atoms with Crippen LogP contribution in [0.1, 0.15) is 5.56 Å². The van der Waals surface area contributed by atoms with Crippen molar-refractivity contribution in [2.75, 3.05) is 0 Å². The van der Waals surface area contributed by atoms with E-state index in [0.29, 0.717) is 5.75 Å². The van der Waals surface area contributed by atoms with Crippen LogP contribution in [0.15, 0.2) is 60.4 Å². The smallest absolute Gasteiger partial charge is 0.301 e. The zero-order valence-corrected chi connectivity index (χ0v) is 10.2. The molecule has 2 aromatic rings. The van der Waals surface area contributed by atoms with Gasteiger partial charge in [-0.3, -0.25) is 0 Å². The molecule has 0 fully saturated rings. The Hall–Kier alpha value is -2.30. The summed E-state index contributed by atoms with van der Waals surface area (Å²) in [6, 6.07) is 11.9. The van der Waals surface area contributed by atoms with Crippen LogP contribution in [-0.4, -0.2) is 0 Å². The first-order valence-electron chi connectivity index (χ1n) is 5.77. The van der Waals surface area contributed by atoms with Gasteiger partial charge in [0.1, 0.15) is 5.75 Å². The van der Waals surface area contributed by atoms with E-state index in [1.807, 2.05) is 0 Å². The molecule has 0 atom stereocenters. The van der Waals surface area contributed by atoms with Crippen LogP contribution in [0, 0.1) is 5.82 Å². The number of hydrogen-bond acceptors (Lipinski definition) is 1. The highest BCUT2D eigenvalue weighted by Gasteiger charge is 2.10. The van der Waals surface area contributed by atoms with Crippen molar-refractivity contribution in [3.8, 4) is 11.5 Å². The molecule has 0 saturated carbocycles. The van der Waals surface area contributed by atoms with E-state index in [0.717, 1.165) is 6.07 Å². The zero-order valence-electron chi connectivity index (χ0n) is 10.2. The van der Waals surface area contributed by atoms with Gasteiger partial charge in [-0.2, -0.15) is 8.78 Å². The third kappa shape index (κ3) is 3.60. The number of hydrogen-bond donors (Lipinski definition) is 0. The van der Waals surface area contributed by atoms with Gasteiger partial charge >= 0.3 is 6.08 Å². The summed E-state index contributed by atoms with van der Waals surface area (Å²) in [5.41, 5.74) is 0.197. The first kappa shape index (κ1) is 14.1. The number of allylic oxidation sites excluding steroid dienone is 1. The van der Waals surface area contributed by atoms with Crippen molar-refractivity contribution < 1.29 is 22.3 Å². The van der Waals surface area contributed by atoms with Gasteiger partial charge in [0.2, 0.25) is 0 Å². The van der Waals surface area contributed by atoms with E-state index in [1.54, 1.807) is 30.3 Å². The molecule has 1 nitrogen and oxygen atoms in total. The average molecular weight is 282 g/mol. The van der Waals surface area contributed by atoms with Crippen molar-refractivity contribution in [1.82, 2.24) is 0 Å². The molecule has 0 unspecified atom stereocenters. The molecule has 0 N–H and O–H groups in total. The first-order valence-corrected chi connectivity index (χ1v) is 5.77. The Morgan fingerprint density at radius 3 is 2.30 bits per heavy atom. The van der Waals surface area contributed by atoms with Gasteiger partial charge in [0.15, 0.2) is 17.4 Å². The van der Waals surface area contributed by atoms with Gasteiger partial charge in [-0.15, -0.1) is 0 Å². The predicted molar refractivity (Wildman–Crippen MR) is 67.0 cm³/mol. The fourth-order valence-electron chi connectivity index (χ4n) is 1.60. The summed E-state index contributed by atoms with van der Waals surface area (Å²) in [5.74, 6) is -1.93.